The van der Waals surface area contributed by atoms with Crippen LogP contribution in [0.1, 0.15) is 19.8 Å². The Hall–Kier alpha value is -0.820. The Morgan fingerprint density at radius 2 is 2.00 bits per heavy atom. The fourth-order valence-corrected chi connectivity index (χ4v) is 1.97. The zero-order valence-corrected chi connectivity index (χ0v) is 9.73. The quantitative estimate of drug-likeness (QED) is 0.451. The molecule has 0 aromatic carbocycles. The van der Waals surface area contributed by atoms with Crippen molar-refractivity contribution in [1.29, 1.82) is 0 Å². The second kappa shape index (κ2) is 6.20. The van der Waals surface area contributed by atoms with E-state index in [9.17, 15) is 20.1 Å². The van der Waals surface area contributed by atoms with Crippen LogP contribution in [0.5, 0.6) is 0 Å². The average Bonchev–Trinajstić information content (AvgIpc) is 2.27. The Kier molecular flexibility index (Phi) is 5.20. The Labute approximate surface area is 99.6 Å². The Balaban J connectivity index is 2.66. The van der Waals surface area contributed by atoms with Crippen LogP contribution in [0.2, 0.25) is 0 Å². The molecular weight excluding hydrogens is 226 g/mol. The van der Waals surface area contributed by atoms with Crippen molar-refractivity contribution in [3.63, 3.8) is 0 Å². The highest BCUT2D eigenvalue weighted by atomic mass is 16.3. The fourth-order valence-electron chi connectivity index (χ4n) is 1.97. The van der Waals surface area contributed by atoms with E-state index in [0.29, 0.717) is 0 Å². The van der Waals surface area contributed by atoms with Crippen LogP contribution >= 0.6 is 0 Å². The van der Waals surface area contributed by atoms with Crippen molar-refractivity contribution in [2.24, 2.45) is 10.9 Å². The van der Waals surface area contributed by atoms with E-state index in [1.54, 1.807) is 0 Å². The summed E-state index contributed by atoms with van der Waals surface area (Å²) >= 11 is 0. The van der Waals surface area contributed by atoms with E-state index >= 15 is 0 Å². The van der Waals surface area contributed by atoms with Gasteiger partial charge in [0.1, 0.15) is 17.9 Å². The molecule has 17 heavy (non-hydrogen) atoms. The van der Waals surface area contributed by atoms with Gasteiger partial charge in [0.05, 0.1) is 12.2 Å². The second-order valence-electron chi connectivity index (χ2n) is 4.46. The average molecular weight is 245 g/mol. The monoisotopic (exact) mass is 245 g/mol. The van der Waals surface area contributed by atoms with Crippen LogP contribution in [-0.4, -0.2) is 63.4 Å². The number of carbonyl (C=O) groups excluding carboxylic acids is 1. The zero-order valence-electron chi connectivity index (χ0n) is 9.73. The summed E-state index contributed by atoms with van der Waals surface area (Å²) in [4.78, 5) is 14.6. The number of aliphatic hydroxyl groups is 4. The molecule has 4 N–H and O–H groups in total. The highest BCUT2D eigenvalue weighted by Crippen LogP contribution is 2.27. The van der Waals surface area contributed by atoms with Gasteiger partial charge in [0.15, 0.2) is 0 Å². The first-order valence-corrected chi connectivity index (χ1v) is 5.63. The van der Waals surface area contributed by atoms with E-state index in [1.165, 1.54) is 13.1 Å². The third-order valence-corrected chi connectivity index (χ3v) is 3.01. The lowest BCUT2D eigenvalue weighted by atomic mass is 9.80. The number of carbonyl (C=O) groups is 1. The van der Waals surface area contributed by atoms with Crippen LogP contribution in [0.25, 0.3) is 0 Å². The summed E-state index contributed by atoms with van der Waals surface area (Å²) in [5, 5.41) is 38.1. The summed E-state index contributed by atoms with van der Waals surface area (Å²) in [7, 11) is 0. The number of nitrogens with zero attached hydrogens (tertiary/aromatic N) is 1. The molecule has 0 aliphatic heterocycles. The molecule has 0 heterocycles. The van der Waals surface area contributed by atoms with Gasteiger partial charge in [-0.2, -0.15) is 0 Å². The summed E-state index contributed by atoms with van der Waals surface area (Å²) in [5.41, 5.74) is 0. The maximum absolute atomic E-state index is 10.7. The van der Waals surface area contributed by atoms with Gasteiger partial charge in [-0.05, 0) is 13.3 Å². The Bertz CT molecular complexity index is 294. The van der Waals surface area contributed by atoms with Gasteiger partial charge < -0.3 is 20.4 Å². The number of hydrogen-bond acceptors (Lipinski definition) is 6. The minimum absolute atomic E-state index is 0.0673. The van der Waals surface area contributed by atoms with E-state index < -0.39 is 30.3 Å². The molecule has 6 heteroatoms. The predicted octanol–water partition coefficient (Wildman–Crippen LogP) is -1.50. The second-order valence-corrected chi connectivity index (χ2v) is 4.46. The lowest BCUT2D eigenvalue weighted by molar-refractivity contribution is -0.115. The first kappa shape index (κ1) is 14.2. The third-order valence-electron chi connectivity index (χ3n) is 3.01. The third kappa shape index (κ3) is 3.57. The van der Waals surface area contributed by atoms with Gasteiger partial charge in [-0.15, -0.1) is 0 Å². The number of Topliss-reactive ketones (excluding diaryl/α,β-unsaturated/α-hetero) is 1. The Morgan fingerprint density at radius 1 is 1.35 bits per heavy atom. The van der Waals surface area contributed by atoms with Crippen molar-refractivity contribution in [2.45, 2.75) is 44.1 Å². The summed E-state index contributed by atoms with van der Waals surface area (Å²) in [6.07, 6.45) is -1.60. The number of hydrogen-bond donors (Lipinski definition) is 4. The molecule has 0 amide bonds. The smallest absolute Gasteiger partial charge is 0.135 e. The molecule has 1 fully saturated rings. The molecule has 6 nitrogen and oxygen atoms in total. The lowest BCUT2D eigenvalue weighted by Crippen LogP contribution is -2.53. The molecule has 0 aromatic rings. The standard InChI is InChI=1S/C11H19NO5/c1-6(14)2-3-12-9-8(15)4-7(5-13)10(16)11(9)17/h3,7-11,13,15-17H,2,4-5H2,1H3/t7-,8?,9-,10-,11-/m1/s1. The highest BCUT2D eigenvalue weighted by Gasteiger charge is 2.42. The van der Waals surface area contributed by atoms with Crippen molar-refractivity contribution < 1.29 is 25.2 Å². The predicted molar refractivity (Wildman–Crippen MR) is 60.8 cm³/mol. The van der Waals surface area contributed by atoms with Crippen LogP contribution in [0.15, 0.2) is 4.99 Å². The number of ketones is 1. The van der Waals surface area contributed by atoms with Gasteiger partial charge >= 0.3 is 0 Å². The summed E-state index contributed by atoms with van der Waals surface area (Å²) in [6, 6.07) is -0.841. The summed E-state index contributed by atoms with van der Waals surface area (Å²) in [6.45, 7) is 1.12. The van der Waals surface area contributed by atoms with E-state index in [-0.39, 0.29) is 25.2 Å². The van der Waals surface area contributed by atoms with Gasteiger partial charge in [-0.1, -0.05) is 0 Å². The molecule has 0 spiro atoms. The van der Waals surface area contributed by atoms with Gasteiger partial charge in [-0.3, -0.25) is 9.79 Å². The molecule has 0 saturated heterocycles. The molecule has 1 rings (SSSR count). The van der Waals surface area contributed by atoms with Crippen LogP contribution in [0.4, 0.5) is 0 Å². The van der Waals surface area contributed by atoms with E-state index in [0.717, 1.165) is 0 Å². The molecule has 1 aliphatic carbocycles. The van der Waals surface area contributed by atoms with E-state index in [1.807, 2.05) is 0 Å². The van der Waals surface area contributed by atoms with Crippen molar-refractivity contribution in [2.75, 3.05) is 6.61 Å². The minimum atomic E-state index is -1.22. The molecule has 0 radical (unpaired) electrons. The maximum Gasteiger partial charge on any atom is 0.135 e. The van der Waals surface area contributed by atoms with Crippen LogP contribution in [0, 0.1) is 5.92 Å². The minimum Gasteiger partial charge on any atom is -0.396 e. The molecular formula is C11H19NO5. The fraction of sp³-hybridized carbons (Fsp3) is 0.818. The molecule has 0 bridgehead atoms. The van der Waals surface area contributed by atoms with Crippen molar-refractivity contribution in [3.05, 3.63) is 0 Å². The van der Waals surface area contributed by atoms with Crippen molar-refractivity contribution >= 4 is 12.0 Å². The van der Waals surface area contributed by atoms with Crippen LogP contribution < -0.4 is 0 Å². The number of aliphatic imine (C=N–C) groups is 1. The van der Waals surface area contributed by atoms with Gasteiger partial charge in [0.2, 0.25) is 0 Å². The summed E-state index contributed by atoms with van der Waals surface area (Å²) in [5.74, 6) is -0.610. The molecule has 1 unspecified atom stereocenters. The first-order valence-electron chi connectivity index (χ1n) is 5.63. The lowest BCUT2D eigenvalue weighted by Gasteiger charge is -2.38. The van der Waals surface area contributed by atoms with Gasteiger partial charge in [-0.25, -0.2) is 0 Å². The summed E-state index contributed by atoms with van der Waals surface area (Å²) < 4.78 is 0. The Morgan fingerprint density at radius 3 is 2.53 bits per heavy atom. The zero-order chi connectivity index (χ0) is 13.0. The van der Waals surface area contributed by atoms with E-state index in [4.69, 9.17) is 5.11 Å². The normalized spacial score (nSPS) is 38.5. The molecule has 0 aromatic heterocycles. The molecule has 5 atom stereocenters. The topological polar surface area (TPSA) is 110 Å². The molecule has 98 valence electrons. The SMILES string of the molecule is CC(=O)CC=N[C@@H]1C(O)C[C@H](CO)[C@@H](O)[C@@H]1O. The van der Waals surface area contributed by atoms with Crippen LogP contribution in [0.3, 0.4) is 0 Å². The van der Waals surface area contributed by atoms with Crippen molar-refractivity contribution in [1.82, 2.24) is 0 Å². The highest BCUT2D eigenvalue weighted by molar-refractivity contribution is 5.89. The number of aliphatic hydroxyl groups excluding tert-OH is 4. The largest absolute Gasteiger partial charge is 0.396 e. The van der Waals surface area contributed by atoms with Gasteiger partial charge in [0.25, 0.3) is 0 Å². The van der Waals surface area contributed by atoms with Crippen LogP contribution in [-0.2, 0) is 4.79 Å². The van der Waals surface area contributed by atoms with Crippen molar-refractivity contribution in [3.8, 4) is 0 Å². The van der Waals surface area contributed by atoms with Gasteiger partial charge in [0, 0.05) is 25.2 Å². The first-order chi connectivity index (χ1) is 7.97. The molecule has 1 aliphatic rings. The van der Waals surface area contributed by atoms with E-state index in [2.05, 4.69) is 4.99 Å². The molecule has 1 saturated carbocycles. The maximum atomic E-state index is 10.7. The number of rotatable bonds is 4.